The molecule has 0 aromatic carbocycles. The molecule has 0 unspecified atom stereocenters. The van der Waals surface area contributed by atoms with Crippen molar-refractivity contribution in [1.29, 1.82) is 0 Å². The van der Waals surface area contributed by atoms with Crippen molar-refractivity contribution in [3.05, 3.63) is 20.8 Å². The van der Waals surface area contributed by atoms with Gasteiger partial charge in [-0.2, -0.15) is 10.1 Å². The van der Waals surface area contributed by atoms with Crippen LogP contribution in [0.25, 0.3) is 11.2 Å². The molecule has 0 saturated carbocycles. The Bertz CT molecular complexity index is 914. The van der Waals surface area contributed by atoms with E-state index >= 15 is 0 Å². The quantitative estimate of drug-likeness (QED) is 0.773. The van der Waals surface area contributed by atoms with E-state index in [0.29, 0.717) is 17.1 Å². The molecule has 118 valence electrons. The maximum absolute atomic E-state index is 12.6. The summed E-state index contributed by atoms with van der Waals surface area (Å²) in [7, 11) is 3.11. The SMILES string of the molecule is CC1=NN(C(C)C)c2nc3c(c(=O)n(C)c(=O)n3C)n2[C@@H]1C. The molecule has 0 amide bonds. The highest BCUT2D eigenvalue weighted by atomic mass is 16.2. The lowest BCUT2D eigenvalue weighted by Crippen LogP contribution is -2.39. The predicted octanol–water partition coefficient (Wildman–Crippen LogP) is 0.599. The maximum Gasteiger partial charge on any atom is 0.332 e. The third-order valence-corrected chi connectivity index (χ3v) is 4.22. The number of rotatable bonds is 1. The molecule has 1 aliphatic rings. The molecular formula is C14H20N6O2. The number of nitrogens with zero attached hydrogens (tertiary/aromatic N) is 6. The summed E-state index contributed by atoms with van der Waals surface area (Å²) in [6.45, 7) is 7.92. The van der Waals surface area contributed by atoms with E-state index in [9.17, 15) is 9.59 Å². The van der Waals surface area contributed by atoms with E-state index in [1.54, 1.807) is 12.1 Å². The molecule has 0 bridgehead atoms. The minimum Gasteiger partial charge on any atom is -0.294 e. The van der Waals surface area contributed by atoms with Gasteiger partial charge in [0.2, 0.25) is 5.95 Å². The first-order valence-electron chi connectivity index (χ1n) is 7.28. The summed E-state index contributed by atoms with van der Waals surface area (Å²) in [6, 6.07) is 0.0131. The number of hydrazone groups is 1. The van der Waals surface area contributed by atoms with Crippen molar-refractivity contribution in [2.75, 3.05) is 5.01 Å². The largest absolute Gasteiger partial charge is 0.332 e. The lowest BCUT2D eigenvalue weighted by molar-refractivity contribution is 0.598. The fourth-order valence-corrected chi connectivity index (χ4v) is 2.76. The first-order chi connectivity index (χ1) is 10.3. The second-order valence-electron chi connectivity index (χ2n) is 6.02. The smallest absolute Gasteiger partial charge is 0.294 e. The molecule has 8 heteroatoms. The number of aryl methyl sites for hydroxylation is 1. The van der Waals surface area contributed by atoms with Crippen LogP contribution in [0.15, 0.2) is 14.7 Å². The molecule has 0 N–H and O–H groups in total. The number of anilines is 1. The first kappa shape index (κ1) is 14.6. The van der Waals surface area contributed by atoms with E-state index < -0.39 is 0 Å². The fraction of sp³-hybridized carbons (Fsp3) is 0.571. The summed E-state index contributed by atoms with van der Waals surface area (Å²) in [5, 5.41) is 6.36. The molecule has 3 heterocycles. The van der Waals surface area contributed by atoms with Gasteiger partial charge < -0.3 is 0 Å². The highest BCUT2D eigenvalue weighted by Crippen LogP contribution is 2.30. The minimum atomic E-state index is -0.380. The van der Waals surface area contributed by atoms with Gasteiger partial charge in [-0.3, -0.25) is 18.5 Å². The van der Waals surface area contributed by atoms with Crippen molar-refractivity contribution in [2.24, 2.45) is 19.2 Å². The van der Waals surface area contributed by atoms with Gasteiger partial charge in [-0.25, -0.2) is 9.80 Å². The highest BCUT2D eigenvalue weighted by molar-refractivity contribution is 5.91. The van der Waals surface area contributed by atoms with Gasteiger partial charge in [0, 0.05) is 14.1 Å². The topological polar surface area (TPSA) is 77.4 Å². The Hall–Kier alpha value is -2.38. The Labute approximate surface area is 127 Å². The van der Waals surface area contributed by atoms with Crippen molar-refractivity contribution in [3.63, 3.8) is 0 Å². The molecule has 8 nitrogen and oxygen atoms in total. The van der Waals surface area contributed by atoms with E-state index in [-0.39, 0.29) is 23.3 Å². The molecule has 1 aliphatic heterocycles. The monoisotopic (exact) mass is 304 g/mol. The number of hydrogen-bond acceptors (Lipinski definition) is 5. The summed E-state index contributed by atoms with van der Waals surface area (Å²) >= 11 is 0. The van der Waals surface area contributed by atoms with E-state index in [2.05, 4.69) is 10.1 Å². The second-order valence-corrected chi connectivity index (χ2v) is 6.02. The average molecular weight is 304 g/mol. The lowest BCUT2D eigenvalue weighted by atomic mass is 10.2. The van der Waals surface area contributed by atoms with Gasteiger partial charge in [-0.15, -0.1) is 0 Å². The van der Waals surface area contributed by atoms with Crippen LogP contribution in [-0.2, 0) is 14.1 Å². The molecule has 0 radical (unpaired) electrons. The average Bonchev–Trinajstić information content (AvgIpc) is 2.87. The molecule has 0 saturated heterocycles. The number of imidazole rings is 1. The van der Waals surface area contributed by atoms with Gasteiger partial charge in [0.1, 0.15) is 0 Å². The van der Waals surface area contributed by atoms with Gasteiger partial charge in [-0.1, -0.05) is 0 Å². The molecule has 2 aromatic heterocycles. The zero-order valence-corrected chi connectivity index (χ0v) is 13.7. The predicted molar refractivity (Wildman–Crippen MR) is 85.7 cm³/mol. The van der Waals surface area contributed by atoms with Crippen molar-refractivity contribution in [3.8, 4) is 0 Å². The normalized spacial score (nSPS) is 18.0. The summed E-state index contributed by atoms with van der Waals surface area (Å²) in [5.74, 6) is 0.599. The van der Waals surface area contributed by atoms with Crippen LogP contribution < -0.4 is 16.3 Å². The lowest BCUT2D eigenvalue weighted by Gasteiger charge is -2.31. The van der Waals surface area contributed by atoms with E-state index in [1.165, 1.54) is 11.6 Å². The van der Waals surface area contributed by atoms with Crippen LogP contribution in [0.5, 0.6) is 0 Å². The first-order valence-corrected chi connectivity index (χ1v) is 7.28. The summed E-state index contributed by atoms with van der Waals surface area (Å²) in [5.41, 5.74) is 1.02. The number of aromatic nitrogens is 4. The van der Waals surface area contributed by atoms with Crippen molar-refractivity contribution < 1.29 is 0 Å². The Morgan fingerprint density at radius 3 is 2.36 bits per heavy atom. The Morgan fingerprint density at radius 2 is 1.77 bits per heavy atom. The van der Waals surface area contributed by atoms with Gasteiger partial charge in [0.05, 0.1) is 17.8 Å². The van der Waals surface area contributed by atoms with E-state index in [0.717, 1.165) is 10.3 Å². The van der Waals surface area contributed by atoms with E-state index in [4.69, 9.17) is 0 Å². The zero-order valence-electron chi connectivity index (χ0n) is 13.7. The fourth-order valence-electron chi connectivity index (χ4n) is 2.76. The summed E-state index contributed by atoms with van der Waals surface area (Å²) in [4.78, 5) is 29.2. The molecule has 0 aliphatic carbocycles. The van der Waals surface area contributed by atoms with Crippen molar-refractivity contribution in [2.45, 2.75) is 39.8 Å². The van der Waals surface area contributed by atoms with Gasteiger partial charge in [0.15, 0.2) is 11.2 Å². The van der Waals surface area contributed by atoms with Crippen LogP contribution in [-0.4, -0.2) is 30.4 Å². The van der Waals surface area contributed by atoms with Gasteiger partial charge >= 0.3 is 5.69 Å². The van der Waals surface area contributed by atoms with Crippen LogP contribution in [0.4, 0.5) is 5.95 Å². The summed E-state index contributed by atoms with van der Waals surface area (Å²) in [6.07, 6.45) is 0. The summed E-state index contributed by atoms with van der Waals surface area (Å²) < 4.78 is 4.40. The highest BCUT2D eigenvalue weighted by Gasteiger charge is 2.31. The van der Waals surface area contributed by atoms with Gasteiger partial charge in [-0.05, 0) is 27.7 Å². The number of fused-ring (bicyclic) bond motifs is 3. The third-order valence-electron chi connectivity index (χ3n) is 4.22. The van der Waals surface area contributed by atoms with Crippen molar-refractivity contribution in [1.82, 2.24) is 18.7 Å². The Kier molecular flexibility index (Phi) is 3.01. The molecule has 3 rings (SSSR count). The van der Waals surface area contributed by atoms with Crippen LogP contribution in [0.3, 0.4) is 0 Å². The Balaban J connectivity index is 2.50. The van der Waals surface area contributed by atoms with E-state index in [1.807, 2.05) is 32.3 Å². The van der Waals surface area contributed by atoms with Crippen LogP contribution >= 0.6 is 0 Å². The molecule has 0 fully saturated rings. The van der Waals surface area contributed by atoms with Crippen LogP contribution in [0, 0.1) is 0 Å². The minimum absolute atomic E-state index is 0.0831. The van der Waals surface area contributed by atoms with Gasteiger partial charge in [0.25, 0.3) is 5.56 Å². The third kappa shape index (κ3) is 1.69. The molecule has 2 aromatic rings. The maximum atomic E-state index is 12.6. The van der Waals surface area contributed by atoms with Crippen LogP contribution in [0.1, 0.15) is 33.7 Å². The number of hydrogen-bond donors (Lipinski definition) is 0. The second kappa shape index (κ2) is 4.56. The van der Waals surface area contributed by atoms with Crippen LogP contribution in [0.2, 0.25) is 0 Å². The standard InChI is InChI=1S/C14H20N6O2/c1-7(2)20-13-15-11-10(19(13)9(4)8(3)16-20)12(21)18(6)14(22)17(11)5/h7,9H,1-6H3/t9-/m1/s1. The molecule has 0 spiro atoms. The molecule has 22 heavy (non-hydrogen) atoms. The van der Waals surface area contributed by atoms with Crippen molar-refractivity contribution >= 4 is 22.8 Å². The Morgan fingerprint density at radius 1 is 1.14 bits per heavy atom. The zero-order chi connectivity index (χ0) is 16.3. The molecule has 1 atom stereocenters. The molecular weight excluding hydrogens is 284 g/mol.